The van der Waals surface area contributed by atoms with Gasteiger partial charge in [0, 0.05) is 12.6 Å². The molecule has 0 aromatic heterocycles. The van der Waals surface area contributed by atoms with Crippen molar-refractivity contribution in [3.63, 3.8) is 0 Å². The summed E-state index contributed by atoms with van der Waals surface area (Å²) in [5, 5.41) is 2.83. The van der Waals surface area contributed by atoms with Gasteiger partial charge in [0.15, 0.2) is 0 Å². The van der Waals surface area contributed by atoms with E-state index in [-0.39, 0.29) is 11.3 Å². The normalized spacial score (nSPS) is 22.2. The Kier molecular flexibility index (Phi) is 2.79. The zero-order valence-corrected chi connectivity index (χ0v) is 8.98. The number of allylic oxidation sites excluding steroid dienone is 1. The fourth-order valence-electron chi connectivity index (χ4n) is 1.70. The van der Waals surface area contributed by atoms with Crippen LogP contribution in [0.25, 0.3) is 0 Å². The van der Waals surface area contributed by atoms with E-state index in [1.807, 2.05) is 6.20 Å². The second-order valence-electron chi connectivity index (χ2n) is 4.96. The highest BCUT2D eigenvalue weighted by molar-refractivity contribution is 5.78. The molecule has 1 aliphatic rings. The highest BCUT2D eigenvalue weighted by atomic mass is 16.1. The maximum atomic E-state index is 11.3. The van der Waals surface area contributed by atoms with E-state index < -0.39 is 0 Å². The first kappa shape index (κ1) is 10.3. The first-order valence-corrected chi connectivity index (χ1v) is 4.89. The summed E-state index contributed by atoms with van der Waals surface area (Å²) in [6.45, 7) is 8.63. The smallest absolute Gasteiger partial charge is 0.224 e. The van der Waals surface area contributed by atoms with Crippen molar-refractivity contribution in [3.8, 4) is 0 Å². The minimum Gasteiger partial charge on any atom is -0.333 e. The number of hydrogen-bond donors (Lipinski definition) is 1. The molecule has 1 rings (SSSR count). The molecule has 74 valence electrons. The average Bonchev–Trinajstić information content (AvgIpc) is 2.07. The van der Waals surface area contributed by atoms with Gasteiger partial charge in [0.1, 0.15) is 0 Å². The number of carbonyl (C=O) groups excluding carboxylic acids is 1. The van der Waals surface area contributed by atoms with Crippen molar-refractivity contribution in [1.29, 1.82) is 0 Å². The van der Waals surface area contributed by atoms with Crippen molar-refractivity contribution in [2.45, 2.75) is 40.5 Å². The molecule has 0 aliphatic carbocycles. The summed E-state index contributed by atoms with van der Waals surface area (Å²) >= 11 is 0. The molecule has 0 atom stereocenters. The maximum absolute atomic E-state index is 11.3. The SMILES string of the molecule is CC(C)C1=CNC(=O)CC(C)(C)C1. The van der Waals surface area contributed by atoms with Gasteiger partial charge in [0.05, 0.1) is 0 Å². The van der Waals surface area contributed by atoms with Gasteiger partial charge < -0.3 is 5.32 Å². The zero-order chi connectivity index (χ0) is 10.1. The van der Waals surface area contributed by atoms with Crippen LogP contribution in [0.15, 0.2) is 11.8 Å². The van der Waals surface area contributed by atoms with Gasteiger partial charge >= 0.3 is 0 Å². The molecule has 0 unspecified atom stereocenters. The first-order chi connectivity index (χ1) is 5.91. The van der Waals surface area contributed by atoms with Gasteiger partial charge in [-0.2, -0.15) is 0 Å². The van der Waals surface area contributed by atoms with Crippen molar-refractivity contribution in [3.05, 3.63) is 11.8 Å². The molecule has 0 saturated heterocycles. The van der Waals surface area contributed by atoms with Crippen LogP contribution in [0, 0.1) is 11.3 Å². The largest absolute Gasteiger partial charge is 0.333 e. The third kappa shape index (κ3) is 2.87. The van der Waals surface area contributed by atoms with Crippen molar-refractivity contribution in [2.75, 3.05) is 0 Å². The molecule has 0 radical (unpaired) electrons. The van der Waals surface area contributed by atoms with Crippen molar-refractivity contribution < 1.29 is 4.79 Å². The fraction of sp³-hybridized carbons (Fsp3) is 0.727. The first-order valence-electron chi connectivity index (χ1n) is 4.89. The number of rotatable bonds is 1. The minimum atomic E-state index is 0.108. The second-order valence-corrected chi connectivity index (χ2v) is 4.96. The lowest BCUT2D eigenvalue weighted by Gasteiger charge is -2.23. The van der Waals surface area contributed by atoms with Crippen LogP contribution in [0.4, 0.5) is 0 Å². The summed E-state index contributed by atoms with van der Waals surface area (Å²) in [6.07, 6.45) is 3.53. The van der Waals surface area contributed by atoms with Gasteiger partial charge in [-0.1, -0.05) is 33.3 Å². The van der Waals surface area contributed by atoms with Gasteiger partial charge in [-0.25, -0.2) is 0 Å². The highest BCUT2D eigenvalue weighted by Gasteiger charge is 2.26. The van der Waals surface area contributed by atoms with E-state index in [9.17, 15) is 4.79 Å². The molecule has 13 heavy (non-hydrogen) atoms. The standard InChI is InChI=1S/C11H19NO/c1-8(2)9-5-11(3,4)6-10(13)12-7-9/h7-8H,5-6H2,1-4H3,(H,12,13). The third-order valence-electron chi connectivity index (χ3n) is 2.48. The molecule has 0 spiro atoms. The van der Waals surface area contributed by atoms with Crippen LogP contribution < -0.4 is 5.32 Å². The molecule has 1 amide bonds. The average molecular weight is 181 g/mol. The Morgan fingerprint density at radius 3 is 2.54 bits per heavy atom. The Labute approximate surface area is 80.4 Å². The van der Waals surface area contributed by atoms with Crippen molar-refractivity contribution >= 4 is 5.91 Å². The summed E-state index contributed by atoms with van der Waals surface area (Å²) in [4.78, 5) is 11.3. The molecule has 2 nitrogen and oxygen atoms in total. The van der Waals surface area contributed by atoms with Crippen LogP contribution >= 0.6 is 0 Å². The molecule has 0 bridgehead atoms. The maximum Gasteiger partial charge on any atom is 0.224 e. The van der Waals surface area contributed by atoms with Crippen LogP contribution in [0.1, 0.15) is 40.5 Å². The van der Waals surface area contributed by atoms with Gasteiger partial charge in [0.25, 0.3) is 0 Å². The van der Waals surface area contributed by atoms with Crippen molar-refractivity contribution in [2.24, 2.45) is 11.3 Å². The number of hydrogen-bond acceptors (Lipinski definition) is 1. The Balaban J connectivity index is 2.82. The highest BCUT2D eigenvalue weighted by Crippen LogP contribution is 2.33. The zero-order valence-electron chi connectivity index (χ0n) is 8.98. The summed E-state index contributed by atoms with van der Waals surface area (Å²) in [5.41, 5.74) is 1.45. The van der Waals surface area contributed by atoms with Crippen LogP contribution in [-0.4, -0.2) is 5.91 Å². The molecule has 0 fully saturated rings. The minimum absolute atomic E-state index is 0.108. The lowest BCUT2D eigenvalue weighted by atomic mass is 9.81. The Bertz CT molecular complexity index is 238. The molecule has 0 aromatic carbocycles. The number of nitrogens with one attached hydrogen (secondary N) is 1. The van der Waals surface area contributed by atoms with Gasteiger partial charge in [0.2, 0.25) is 5.91 Å². The van der Waals surface area contributed by atoms with E-state index in [1.165, 1.54) is 5.57 Å². The second kappa shape index (κ2) is 3.52. The molecule has 1 N–H and O–H groups in total. The fourth-order valence-corrected chi connectivity index (χ4v) is 1.70. The summed E-state index contributed by atoms with van der Waals surface area (Å²) in [7, 11) is 0. The lowest BCUT2D eigenvalue weighted by Crippen LogP contribution is -2.22. The van der Waals surface area contributed by atoms with E-state index in [2.05, 4.69) is 33.0 Å². The Morgan fingerprint density at radius 2 is 2.00 bits per heavy atom. The quantitative estimate of drug-likeness (QED) is 0.661. The Hall–Kier alpha value is -0.790. The van der Waals surface area contributed by atoms with Crippen LogP contribution in [0.3, 0.4) is 0 Å². The van der Waals surface area contributed by atoms with Gasteiger partial charge in [-0.3, -0.25) is 4.79 Å². The summed E-state index contributed by atoms with van der Waals surface area (Å²) in [6, 6.07) is 0. The van der Waals surface area contributed by atoms with E-state index in [1.54, 1.807) is 0 Å². The monoisotopic (exact) mass is 181 g/mol. The Morgan fingerprint density at radius 1 is 1.38 bits per heavy atom. The third-order valence-corrected chi connectivity index (χ3v) is 2.48. The molecular formula is C11H19NO. The molecular weight excluding hydrogens is 162 g/mol. The van der Waals surface area contributed by atoms with Crippen LogP contribution in [0.5, 0.6) is 0 Å². The predicted molar refractivity (Wildman–Crippen MR) is 54.1 cm³/mol. The molecule has 1 aliphatic heterocycles. The topological polar surface area (TPSA) is 29.1 Å². The van der Waals surface area contributed by atoms with Gasteiger partial charge in [-0.05, 0) is 17.8 Å². The van der Waals surface area contributed by atoms with Crippen molar-refractivity contribution in [1.82, 2.24) is 5.32 Å². The summed E-state index contributed by atoms with van der Waals surface area (Å²) in [5.74, 6) is 0.665. The molecule has 0 aromatic rings. The van der Waals surface area contributed by atoms with E-state index in [0.717, 1.165) is 6.42 Å². The van der Waals surface area contributed by atoms with E-state index >= 15 is 0 Å². The van der Waals surface area contributed by atoms with E-state index in [4.69, 9.17) is 0 Å². The van der Waals surface area contributed by atoms with Crippen LogP contribution in [0.2, 0.25) is 0 Å². The number of carbonyl (C=O) groups is 1. The molecule has 1 heterocycles. The number of amides is 1. The summed E-state index contributed by atoms with van der Waals surface area (Å²) < 4.78 is 0. The predicted octanol–water partition coefficient (Wildman–Crippen LogP) is 2.46. The molecule has 2 heteroatoms. The van der Waals surface area contributed by atoms with Gasteiger partial charge in [-0.15, -0.1) is 0 Å². The van der Waals surface area contributed by atoms with Crippen LogP contribution in [-0.2, 0) is 4.79 Å². The van der Waals surface area contributed by atoms with E-state index in [0.29, 0.717) is 12.3 Å². The molecule has 0 saturated carbocycles. The lowest BCUT2D eigenvalue weighted by molar-refractivity contribution is -0.121.